The van der Waals surface area contributed by atoms with Crippen molar-refractivity contribution >= 4 is 0 Å². The molecule has 2 N–H and O–H groups in total. The Morgan fingerprint density at radius 3 is 2.60 bits per heavy atom. The first-order valence-corrected chi connectivity index (χ1v) is 6.73. The zero-order chi connectivity index (χ0) is 11.1. The molecule has 0 aliphatic carbocycles. The van der Waals surface area contributed by atoms with Gasteiger partial charge in [-0.15, -0.1) is 0 Å². The SMILES string of the molecule is CCC(N)N1CCCCCCCC(C)C1. The first-order valence-electron chi connectivity index (χ1n) is 6.73. The number of nitrogens with two attached hydrogens (primary N) is 1. The third-order valence-corrected chi connectivity index (χ3v) is 3.58. The van der Waals surface area contributed by atoms with Crippen LogP contribution in [-0.4, -0.2) is 24.2 Å². The quantitative estimate of drug-likeness (QED) is 0.762. The summed E-state index contributed by atoms with van der Waals surface area (Å²) in [7, 11) is 0. The van der Waals surface area contributed by atoms with E-state index >= 15 is 0 Å². The first kappa shape index (κ1) is 13.0. The Morgan fingerprint density at radius 1 is 1.20 bits per heavy atom. The minimum atomic E-state index is 0.284. The molecule has 0 aromatic heterocycles. The highest BCUT2D eigenvalue weighted by Crippen LogP contribution is 2.17. The smallest absolute Gasteiger partial charge is 0.0569 e. The Bertz CT molecular complexity index is 159. The summed E-state index contributed by atoms with van der Waals surface area (Å²) in [5.74, 6) is 0.820. The summed E-state index contributed by atoms with van der Waals surface area (Å²) in [5, 5.41) is 0. The third-order valence-electron chi connectivity index (χ3n) is 3.58. The van der Waals surface area contributed by atoms with Crippen LogP contribution in [0.4, 0.5) is 0 Å². The summed E-state index contributed by atoms with van der Waals surface area (Å²) in [5.41, 5.74) is 6.15. The van der Waals surface area contributed by atoms with Crippen molar-refractivity contribution in [1.82, 2.24) is 4.90 Å². The molecule has 1 aliphatic heterocycles. The van der Waals surface area contributed by atoms with Crippen LogP contribution in [-0.2, 0) is 0 Å². The van der Waals surface area contributed by atoms with Crippen LogP contribution >= 0.6 is 0 Å². The highest BCUT2D eigenvalue weighted by molar-refractivity contribution is 4.69. The summed E-state index contributed by atoms with van der Waals surface area (Å²) in [6, 6.07) is 0. The van der Waals surface area contributed by atoms with Crippen LogP contribution in [0.25, 0.3) is 0 Å². The molecule has 2 nitrogen and oxygen atoms in total. The highest BCUT2D eigenvalue weighted by atomic mass is 15.2. The Kier molecular flexibility index (Phi) is 6.26. The van der Waals surface area contributed by atoms with E-state index in [1.807, 2.05) is 0 Å². The summed E-state index contributed by atoms with van der Waals surface area (Å²) in [4.78, 5) is 2.50. The van der Waals surface area contributed by atoms with E-state index in [0.29, 0.717) is 0 Å². The van der Waals surface area contributed by atoms with E-state index in [9.17, 15) is 0 Å². The largest absolute Gasteiger partial charge is 0.316 e. The Hall–Kier alpha value is -0.0800. The maximum absolute atomic E-state index is 6.15. The minimum absolute atomic E-state index is 0.284. The van der Waals surface area contributed by atoms with Gasteiger partial charge in [-0.05, 0) is 31.7 Å². The van der Waals surface area contributed by atoms with Crippen LogP contribution in [0, 0.1) is 5.92 Å². The Balaban J connectivity index is 2.42. The van der Waals surface area contributed by atoms with Crippen LogP contribution in [0.5, 0.6) is 0 Å². The lowest BCUT2D eigenvalue weighted by atomic mass is 9.99. The summed E-state index contributed by atoms with van der Waals surface area (Å²) in [6.07, 6.45) is 9.73. The lowest BCUT2D eigenvalue weighted by Crippen LogP contribution is -2.44. The molecule has 1 rings (SSSR count). The normalized spacial score (nSPS) is 28.6. The van der Waals surface area contributed by atoms with E-state index in [-0.39, 0.29) is 6.17 Å². The maximum atomic E-state index is 6.15. The number of hydrogen-bond acceptors (Lipinski definition) is 2. The third kappa shape index (κ3) is 4.98. The fourth-order valence-corrected chi connectivity index (χ4v) is 2.48. The fourth-order valence-electron chi connectivity index (χ4n) is 2.48. The molecule has 1 saturated heterocycles. The molecule has 0 aromatic rings. The van der Waals surface area contributed by atoms with Crippen molar-refractivity contribution in [2.45, 2.75) is 65.0 Å². The molecular formula is C13H28N2. The van der Waals surface area contributed by atoms with E-state index in [0.717, 1.165) is 12.3 Å². The number of nitrogens with zero attached hydrogens (tertiary/aromatic N) is 1. The second kappa shape index (κ2) is 7.24. The maximum Gasteiger partial charge on any atom is 0.0569 e. The molecule has 1 aliphatic rings. The van der Waals surface area contributed by atoms with Gasteiger partial charge < -0.3 is 5.73 Å². The minimum Gasteiger partial charge on any atom is -0.316 e. The lowest BCUT2D eigenvalue weighted by molar-refractivity contribution is 0.158. The summed E-state index contributed by atoms with van der Waals surface area (Å²) in [6.45, 7) is 6.97. The average molecular weight is 212 g/mol. The molecule has 1 fully saturated rings. The van der Waals surface area contributed by atoms with Gasteiger partial charge in [0, 0.05) is 6.54 Å². The molecule has 0 bridgehead atoms. The molecule has 2 atom stereocenters. The van der Waals surface area contributed by atoms with Gasteiger partial charge in [-0.3, -0.25) is 4.90 Å². The van der Waals surface area contributed by atoms with Crippen LogP contribution < -0.4 is 5.73 Å². The molecule has 2 heteroatoms. The van der Waals surface area contributed by atoms with Crippen LogP contribution in [0.3, 0.4) is 0 Å². The van der Waals surface area contributed by atoms with Crippen molar-refractivity contribution in [2.24, 2.45) is 11.7 Å². The van der Waals surface area contributed by atoms with Crippen molar-refractivity contribution in [1.29, 1.82) is 0 Å². The molecule has 2 unspecified atom stereocenters. The molecule has 0 aromatic carbocycles. The number of rotatable bonds is 2. The van der Waals surface area contributed by atoms with Crippen molar-refractivity contribution < 1.29 is 0 Å². The molecule has 0 amide bonds. The summed E-state index contributed by atoms with van der Waals surface area (Å²) >= 11 is 0. The zero-order valence-corrected chi connectivity index (χ0v) is 10.5. The standard InChI is InChI=1S/C13H28N2/c1-3-13(14)15-10-8-6-4-5-7-9-12(2)11-15/h12-13H,3-11,14H2,1-2H3. The molecule has 0 saturated carbocycles. The van der Waals surface area contributed by atoms with E-state index in [1.54, 1.807) is 0 Å². The molecule has 90 valence electrons. The summed E-state index contributed by atoms with van der Waals surface area (Å²) < 4.78 is 0. The van der Waals surface area contributed by atoms with Gasteiger partial charge in [0.05, 0.1) is 6.17 Å². The predicted molar refractivity (Wildman–Crippen MR) is 66.7 cm³/mol. The van der Waals surface area contributed by atoms with E-state index in [4.69, 9.17) is 5.73 Å². The monoisotopic (exact) mass is 212 g/mol. The van der Waals surface area contributed by atoms with E-state index in [2.05, 4.69) is 18.7 Å². The second-order valence-corrected chi connectivity index (χ2v) is 5.13. The first-order chi connectivity index (χ1) is 7.24. The molecule has 0 spiro atoms. The van der Waals surface area contributed by atoms with Crippen molar-refractivity contribution in [2.75, 3.05) is 13.1 Å². The zero-order valence-electron chi connectivity index (χ0n) is 10.5. The second-order valence-electron chi connectivity index (χ2n) is 5.13. The highest BCUT2D eigenvalue weighted by Gasteiger charge is 2.16. The molecule has 1 heterocycles. The fraction of sp³-hybridized carbons (Fsp3) is 1.00. The van der Waals surface area contributed by atoms with E-state index in [1.165, 1.54) is 51.6 Å². The van der Waals surface area contributed by atoms with Gasteiger partial charge >= 0.3 is 0 Å². The lowest BCUT2D eigenvalue weighted by Gasteiger charge is -2.31. The van der Waals surface area contributed by atoms with Gasteiger partial charge in [0.25, 0.3) is 0 Å². The Morgan fingerprint density at radius 2 is 1.87 bits per heavy atom. The molecule has 0 radical (unpaired) electrons. The van der Waals surface area contributed by atoms with Crippen LogP contribution in [0.15, 0.2) is 0 Å². The van der Waals surface area contributed by atoms with Gasteiger partial charge in [0.2, 0.25) is 0 Å². The van der Waals surface area contributed by atoms with Gasteiger partial charge in [0.1, 0.15) is 0 Å². The molecule has 15 heavy (non-hydrogen) atoms. The van der Waals surface area contributed by atoms with Crippen molar-refractivity contribution in [3.63, 3.8) is 0 Å². The van der Waals surface area contributed by atoms with Gasteiger partial charge in [-0.25, -0.2) is 0 Å². The predicted octanol–water partition coefficient (Wildman–Crippen LogP) is 2.97. The van der Waals surface area contributed by atoms with Gasteiger partial charge in [-0.2, -0.15) is 0 Å². The Labute approximate surface area is 95.2 Å². The average Bonchev–Trinajstić information content (AvgIpc) is 2.25. The van der Waals surface area contributed by atoms with Crippen LogP contribution in [0.2, 0.25) is 0 Å². The van der Waals surface area contributed by atoms with Gasteiger partial charge in [0.15, 0.2) is 0 Å². The van der Waals surface area contributed by atoms with Crippen molar-refractivity contribution in [3.8, 4) is 0 Å². The van der Waals surface area contributed by atoms with Gasteiger partial charge in [-0.1, -0.05) is 39.5 Å². The number of hydrogen-bond donors (Lipinski definition) is 1. The topological polar surface area (TPSA) is 29.3 Å². The molecular weight excluding hydrogens is 184 g/mol. The van der Waals surface area contributed by atoms with Crippen molar-refractivity contribution in [3.05, 3.63) is 0 Å². The van der Waals surface area contributed by atoms with E-state index < -0.39 is 0 Å². The van der Waals surface area contributed by atoms with Crippen LogP contribution in [0.1, 0.15) is 58.8 Å².